The van der Waals surface area contributed by atoms with Crippen molar-refractivity contribution >= 4 is 72.3 Å². The van der Waals surface area contributed by atoms with E-state index in [4.69, 9.17) is 23.8 Å². The van der Waals surface area contributed by atoms with Crippen LogP contribution in [0.3, 0.4) is 0 Å². The van der Waals surface area contributed by atoms with Crippen LogP contribution < -0.4 is 78.5 Å². The summed E-state index contributed by atoms with van der Waals surface area (Å²) >= 11 is 12.1. The summed E-state index contributed by atoms with van der Waals surface area (Å²) in [6.45, 7) is 9.21. The number of hydrogen-bond acceptors (Lipinski definition) is 4. The topological polar surface area (TPSA) is 45.2 Å². The summed E-state index contributed by atoms with van der Waals surface area (Å²) in [5.41, 5.74) is 1.08. The van der Waals surface area contributed by atoms with E-state index in [1.807, 2.05) is 11.8 Å². The van der Waals surface area contributed by atoms with Crippen LogP contribution >= 0.6 is 46.4 Å². The molecule has 0 spiro atoms. The van der Waals surface area contributed by atoms with Crippen LogP contribution in [0.25, 0.3) is 0 Å². The Labute approximate surface area is 336 Å². The third-order valence-corrected chi connectivity index (χ3v) is 10.2. The minimum Gasteiger partial charge on any atom is -0.413 e. The van der Waals surface area contributed by atoms with Crippen LogP contribution in [0, 0.1) is 55.3 Å². The van der Waals surface area contributed by atoms with E-state index in [2.05, 4.69) is 28.1 Å². The zero-order valence-corrected chi connectivity index (χ0v) is 36.9. The molecule has 3 fully saturated rings. The zero-order valence-electron chi connectivity index (χ0n) is 21.9. The van der Waals surface area contributed by atoms with Crippen molar-refractivity contribution in [1.82, 2.24) is 9.71 Å². The molecule has 2 saturated carbocycles. The van der Waals surface area contributed by atoms with Gasteiger partial charge >= 0.3 is 72.8 Å². The Morgan fingerprint density at radius 1 is 1.36 bits per heavy atom. The van der Waals surface area contributed by atoms with Crippen LogP contribution in [0.1, 0.15) is 62.1 Å². The van der Waals surface area contributed by atoms with Gasteiger partial charge in [-0.3, -0.25) is 8.60 Å². The number of thiocarbonyl (C=S) groups is 1. The second-order valence-electron chi connectivity index (χ2n) is 10.0. The maximum atomic E-state index is 13.9. The molecular formula is C26H27ClCsF3IN3OS2U-2. The van der Waals surface area contributed by atoms with Crippen LogP contribution in [-0.2, 0) is 13.6 Å². The van der Waals surface area contributed by atoms with Gasteiger partial charge in [0.2, 0.25) is 0 Å². The third kappa shape index (κ3) is 10.00. The van der Waals surface area contributed by atoms with E-state index in [0.717, 1.165) is 73.1 Å². The van der Waals surface area contributed by atoms with Gasteiger partial charge in [0, 0.05) is 71.0 Å². The second kappa shape index (κ2) is 14.8. The first-order chi connectivity index (χ1) is 17.2. The molecule has 0 radical (unpaired) electrons. The fourth-order valence-corrected chi connectivity index (χ4v) is 7.20. The SMILES string of the molecule is C[C-]=S(=O)(NC(=S)c1cc(C2CC2)[c-]cc1F)C1CC1.[CH2-]C1(C)CN(c2cc(Cl)c(C(F)(F)I)cn2)C1.[Cs+].[U]. The largest absolute Gasteiger partial charge is 1.00 e. The van der Waals surface area contributed by atoms with Gasteiger partial charge in [-0.2, -0.15) is 33.4 Å². The molecule has 1 saturated heterocycles. The quantitative estimate of drug-likeness (QED) is 0.208. The van der Waals surface area contributed by atoms with Gasteiger partial charge in [0.25, 0.3) is 0 Å². The average Bonchev–Trinajstić information content (AvgIpc) is 3.69. The van der Waals surface area contributed by atoms with Crippen LogP contribution in [-0.4, -0.2) is 37.9 Å². The van der Waals surface area contributed by atoms with E-state index in [0.29, 0.717) is 17.3 Å². The van der Waals surface area contributed by atoms with Crippen LogP contribution in [0.5, 0.6) is 0 Å². The number of alkyl halides is 3. The number of halogens is 5. The number of hydrogen-bond donors (Lipinski definition) is 1. The molecule has 0 amide bonds. The molecule has 206 valence electrons. The van der Waals surface area contributed by atoms with E-state index in [9.17, 15) is 17.4 Å². The summed E-state index contributed by atoms with van der Waals surface area (Å²) in [5, 5.41) is 2.95. The number of pyridine rings is 1. The fourth-order valence-electron chi connectivity index (χ4n) is 4.03. The minimum absolute atomic E-state index is 0. The molecule has 2 aliphatic carbocycles. The molecule has 1 aromatic heterocycles. The van der Waals surface area contributed by atoms with Crippen molar-refractivity contribution in [3.8, 4) is 0 Å². The second-order valence-corrected chi connectivity index (χ2v) is 14.7. The zero-order chi connectivity index (χ0) is 27.2. The van der Waals surface area contributed by atoms with Gasteiger partial charge in [0.05, 0.1) is 15.6 Å². The normalized spacial score (nSPS) is 19.1. The summed E-state index contributed by atoms with van der Waals surface area (Å²) in [6, 6.07) is 7.51. The summed E-state index contributed by atoms with van der Waals surface area (Å²) < 4.78 is 52.6. The predicted molar refractivity (Wildman–Crippen MR) is 157 cm³/mol. The van der Waals surface area contributed by atoms with Crippen LogP contribution in [0.2, 0.25) is 5.02 Å². The smallest absolute Gasteiger partial charge is 0.413 e. The standard InChI is InChI=1S/C15H16FNOS2.C11H11ClF2IN2.Cs.U/c1-2-20(18,12-6-7-12)17-15(19)13-9-11(10-3-4-10)5-8-14(13)16;1-10(2)5-17(6-10)9-3-8(12)7(4-16-9)11(13,14)15;;/h8-10,12H,3-4,6-7H2,1H3,(H,17,18,19);3-4H,1,5-6H2,2H3;;/q-2;-1;+1;. The van der Waals surface area contributed by atoms with Crippen molar-refractivity contribution < 1.29 is 117 Å². The number of benzene rings is 1. The first-order valence-electron chi connectivity index (χ1n) is 11.8. The summed E-state index contributed by atoms with van der Waals surface area (Å²) in [5.74, 6) is 0.690. The molecule has 1 N–H and O–H groups in total. The summed E-state index contributed by atoms with van der Waals surface area (Å²) in [4.78, 5) is 6.20. The Balaban J connectivity index is 0.000000263. The maximum Gasteiger partial charge on any atom is 1.00 e. The Bertz CT molecular complexity index is 1320. The first kappa shape index (κ1) is 37.2. The van der Waals surface area contributed by atoms with Gasteiger partial charge < -0.3 is 21.9 Å². The van der Waals surface area contributed by atoms with Crippen molar-refractivity contribution in [1.29, 1.82) is 0 Å². The van der Waals surface area contributed by atoms with Gasteiger partial charge in [-0.25, -0.2) is 4.98 Å². The summed E-state index contributed by atoms with van der Waals surface area (Å²) in [6.07, 6.45) is 5.21. The van der Waals surface area contributed by atoms with Crippen LogP contribution in [0.4, 0.5) is 19.0 Å². The molecule has 1 unspecified atom stereocenters. The molecule has 39 heavy (non-hydrogen) atoms. The molecule has 5 rings (SSSR count). The molecule has 13 heteroatoms. The first-order valence-corrected chi connectivity index (χ1v) is 15.3. The molecule has 1 atom stereocenters. The predicted octanol–water partition coefficient (Wildman–Crippen LogP) is 3.71. The number of aromatic nitrogens is 1. The number of nitrogens with one attached hydrogen (secondary N) is 1. The van der Waals surface area contributed by atoms with Crippen molar-refractivity contribution in [2.45, 2.75) is 54.6 Å². The fraction of sp³-hybridized carbons (Fsp3) is 0.462. The van der Waals surface area contributed by atoms with Crippen molar-refractivity contribution in [3.05, 3.63) is 64.9 Å². The molecular weight excluding hydrogens is 1020 g/mol. The van der Waals surface area contributed by atoms with E-state index >= 15 is 0 Å². The maximum absolute atomic E-state index is 13.9. The van der Waals surface area contributed by atoms with Crippen molar-refractivity contribution in [2.75, 3.05) is 18.0 Å². The number of rotatable bonds is 6. The Hall–Kier alpha value is 1.99. The molecule has 2 aromatic rings. The molecule has 0 bridgehead atoms. The number of anilines is 1. The van der Waals surface area contributed by atoms with Crippen molar-refractivity contribution in [2.24, 2.45) is 5.41 Å². The average molecular weight is 1050 g/mol. The molecule has 1 aliphatic heterocycles. The van der Waals surface area contributed by atoms with Gasteiger partial charge in [0.1, 0.15) is 5.82 Å². The van der Waals surface area contributed by atoms with E-state index in [-0.39, 0.29) is 126 Å². The monoisotopic (exact) mass is 1050 g/mol. The minimum atomic E-state index is -2.99. The number of nitrogens with zero attached hydrogens (tertiary/aromatic N) is 2. The van der Waals surface area contributed by atoms with E-state index in [1.54, 1.807) is 13.0 Å². The molecule has 2 heterocycles. The molecule has 3 aliphatic rings. The Kier molecular flexibility index (Phi) is 14.2. The summed E-state index contributed by atoms with van der Waals surface area (Å²) in [7, 11) is -2.43. The Morgan fingerprint density at radius 2 is 1.97 bits per heavy atom. The molecule has 1 aromatic carbocycles. The Morgan fingerprint density at radius 3 is 2.44 bits per heavy atom. The van der Waals surface area contributed by atoms with Gasteiger partial charge in [-0.05, 0) is 50.8 Å². The van der Waals surface area contributed by atoms with E-state index in [1.165, 1.54) is 12.1 Å². The third-order valence-electron chi connectivity index (χ3n) is 6.34. The van der Waals surface area contributed by atoms with Gasteiger partial charge in [0.15, 0.2) is 0 Å². The van der Waals surface area contributed by atoms with Crippen molar-refractivity contribution in [3.63, 3.8) is 0 Å². The van der Waals surface area contributed by atoms with Gasteiger partial charge in [-0.15, -0.1) is 21.2 Å². The van der Waals surface area contributed by atoms with Gasteiger partial charge in [-0.1, -0.05) is 36.3 Å². The van der Waals surface area contributed by atoms with E-state index < -0.39 is 19.5 Å². The molecule has 4 nitrogen and oxygen atoms in total. The van der Waals surface area contributed by atoms with Crippen LogP contribution in [0.15, 0.2) is 24.4 Å².